The van der Waals surface area contributed by atoms with Crippen molar-refractivity contribution in [2.75, 3.05) is 26.2 Å². The Kier molecular flexibility index (Phi) is 8.61. The lowest BCUT2D eigenvalue weighted by Gasteiger charge is -2.33. The Morgan fingerprint density at radius 2 is 1.78 bits per heavy atom. The molecule has 1 atom stereocenters. The molecule has 0 amide bonds. The van der Waals surface area contributed by atoms with E-state index in [0.29, 0.717) is 16.1 Å². The molecule has 104 valence electrons. The van der Waals surface area contributed by atoms with Crippen LogP contribution in [0.2, 0.25) is 10.0 Å². The van der Waals surface area contributed by atoms with Gasteiger partial charge in [-0.3, -0.25) is 4.90 Å². The molecular formula is C12H18Cl4N2. The quantitative estimate of drug-likeness (QED) is 0.886. The van der Waals surface area contributed by atoms with Gasteiger partial charge in [0.25, 0.3) is 0 Å². The van der Waals surface area contributed by atoms with Crippen LogP contribution in [0, 0.1) is 0 Å². The fourth-order valence-electron chi connectivity index (χ4n) is 2.11. The summed E-state index contributed by atoms with van der Waals surface area (Å²) in [5, 5.41) is 4.68. The first-order valence-electron chi connectivity index (χ1n) is 5.59. The largest absolute Gasteiger partial charge is 0.314 e. The zero-order valence-electron chi connectivity index (χ0n) is 10.2. The number of hydrogen-bond donors (Lipinski definition) is 1. The van der Waals surface area contributed by atoms with E-state index in [0.717, 1.165) is 31.7 Å². The summed E-state index contributed by atoms with van der Waals surface area (Å²) in [5.74, 6) is 0. The monoisotopic (exact) mass is 330 g/mol. The lowest BCUT2D eigenvalue weighted by Crippen LogP contribution is -2.44. The second-order valence-electron chi connectivity index (χ2n) is 4.10. The summed E-state index contributed by atoms with van der Waals surface area (Å²) in [6.07, 6.45) is 0. The molecule has 0 spiro atoms. The van der Waals surface area contributed by atoms with Crippen molar-refractivity contribution < 1.29 is 0 Å². The van der Waals surface area contributed by atoms with Gasteiger partial charge < -0.3 is 5.32 Å². The molecule has 2 rings (SSSR count). The van der Waals surface area contributed by atoms with Crippen molar-refractivity contribution in [1.29, 1.82) is 0 Å². The molecule has 1 fully saturated rings. The maximum Gasteiger partial charge on any atom is 0.0640 e. The first-order chi connectivity index (χ1) is 7.70. The molecule has 1 heterocycles. The Hall–Kier alpha value is 0.300. The van der Waals surface area contributed by atoms with E-state index in [1.54, 1.807) is 0 Å². The Bertz CT molecular complexity index is 367. The molecule has 0 aromatic heterocycles. The number of halogens is 4. The third-order valence-corrected chi connectivity index (χ3v) is 3.96. The van der Waals surface area contributed by atoms with E-state index < -0.39 is 0 Å². The Labute approximate surface area is 131 Å². The van der Waals surface area contributed by atoms with E-state index in [2.05, 4.69) is 23.2 Å². The predicted octanol–water partition coefficient (Wildman–Crippen LogP) is 3.80. The van der Waals surface area contributed by atoms with Crippen LogP contribution in [0.3, 0.4) is 0 Å². The van der Waals surface area contributed by atoms with Crippen LogP contribution in [0.5, 0.6) is 0 Å². The minimum atomic E-state index is 0. The highest BCUT2D eigenvalue weighted by Crippen LogP contribution is 2.32. The van der Waals surface area contributed by atoms with Gasteiger partial charge >= 0.3 is 0 Å². The summed E-state index contributed by atoms with van der Waals surface area (Å²) in [5.41, 5.74) is 1.12. The highest BCUT2D eigenvalue weighted by Gasteiger charge is 2.20. The molecular weight excluding hydrogens is 314 g/mol. The topological polar surface area (TPSA) is 15.3 Å². The van der Waals surface area contributed by atoms with Crippen molar-refractivity contribution in [1.82, 2.24) is 10.2 Å². The van der Waals surface area contributed by atoms with Crippen LogP contribution in [-0.2, 0) is 0 Å². The number of piperazine rings is 1. The zero-order chi connectivity index (χ0) is 11.5. The van der Waals surface area contributed by atoms with Gasteiger partial charge in [-0.25, -0.2) is 0 Å². The van der Waals surface area contributed by atoms with E-state index in [1.165, 1.54) is 0 Å². The summed E-state index contributed by atoms with van der Waals surface area (Å²) >= 11 is 12.3. The summed E-state index contributed by atoms with van der Waals surface area (Å²) < 4.78 is 0. The van der Waals surface area contributed by atoms with Gasteiger partial charge in [0.15, 0.2) is 0 Å². The Balaban J connectivity index is 0.00000144. The highest BCUT2D eigenvalue weighted by atomic mass is 35.5. The molecule has 1 saturated heterocycles. The second-order valence-corrected chi connectivity index (χ2v) is 4.89. The number of hydrogen-bond acceptors (Lipinski definition) is 2. The third-order valence-electron chi connectivity index (χ3n) is 3.13. The maximum absolute atomic E-state index is 6.23. The predicted molar refractivity (Wildman–Crippen MR) is 83.8 cm³/mol. The number of nitrogens with zero attached hydrogens (tertiary/aromatic N) is 1. The van der Waals surface area contributed by atoms with Crippen LogP contribution < -0.4 is 5.32 Å². The van der Waals surface area contributed by atoms with E-state index in [-0.39, 0.29) is 24.8 Å². The lowest BCUT2D eigenvalue weighted by atomic mass is 10.1. The standard InChI is InChI=1S/C12H16Cl2N2.2ClH/c1-9(16-7-5-15-6-8-16)10-3-2-4-11(13)12(10)14;;/h2-4,9,15H,5-8H2,1H3;2*1H/t9-;;/m1../s1. The minimum Gasteiger partial charge on any atom is -0.314 e. The van der Waals surface area contributed by atoms with Crippen LogP contribution in [0.4, 0.5) is 0 Å². The van der Waals surface area contributed by atoms with Gasteiger partial charge in [0.05, 0.1) is 10.0 Å². The molecule has 1 aliphatic heterocycles. The molecule has 1 aromatic rings. The molecule has 0 unspecified atom stereocenters. The Morgan fingerprint density at radius 1 is 1.17 bits per heavy atom. The van der Waals surface area contributed by atoms with Crippen LogP contribution in [0.1, 0.15) is 18.5 Å². The fraction of sp³-hybridized carbons (Fsp3) is 0.500. The Morgan fingerprint density at radius 3 is 2.39 bits per heavy atom. The minimum absolute atomic E-state index is 0. The zero-order valence-corrected chi connectivity index (χ0v) is 13.3. The average Bonchev–Trinajstić information content (AvgIpc) is 2.33. The van der Waals surface area contributed by atoms with Gasteiger partial charge in [-0.2, -0.15) is 0 Å². The molecule has 2 nitrogen and oxygen atoms in total. The van der Waals surface area contributed by atoms with Crippen molar-refractivity contribution in [2.24, 2.45) is 0 Å². The van der Waals surface area contributed by atoms with E-state index in [1.807, 2.05) is 12.1 Å². The van der Waals surface area contributed by atoms with Crippen molar-refractivity contribution in [3.8, 4) is 0 Å². The number of benzene rings is 1. The average molecular weight is 332 g/mol. The summed E-state index contributed by atoms with van der Waals surface area (Å²) in [6.45, 7) is 6.39. The van der Waals surface area contributed by atoms with E-state index in [9.17, 15) is 0 Å². The van der Waals surface area contributed by atoms with Crippen molar-refractivity contribution in [3.05, 3.63) is 33.8 Å². The van der Waals surface area contributed by atoms with Crippen LogP contribution in [0.15, 0.2) is 18.2 Å². The molecule has 0 saturated carbocycles. The summed E-state index contributed by atoms with van der Waals surface area (Å²) in [6, 6.07) is 6.18. The third kappa shape index (κ3) is 4.16. The van der Waals surface area contributed by atoms with Crippen LogP contribution >= 0.6 is 48.0 Å². The van der Waals surface area contributed by atoms with Crippen molar-refractivity contribution >= 4 is 48.0 Å². The fourth-order valence-corrected chi connectivity index (χ4v) is 2.57. The molecule has 0 aliphatic carbocycles. The summed E-state index contributed by atoms with van der Waals surface area (Å²) in [4.78, 5) is 2.42. The van der Waals surface area contributed by atoms with Crippen molar-refractivity contribution in [2.45, 2.75) is 13.0 Å². The van der Waals surface area contributed by atoms with E-state index in [4.69, 9.17) is 23.2 Å². The lowest BCUT2D eigenvalue weighted by molar-refractivity contribution is 0.185. The van der Waals surface area contributed by atoms with Gasteiger partial charge in [-0.15, -0.1) is 24.8 Å². The molecule has 6 heteroatoms. The second kappa shape index (κ2) is 8.47. The van der Waals surface area contributed by atoms with Gasteiger partial charge in [0, 0.05) is 32.2 Å². The molecule has 1 aliphatic rings. The SMILES string of the molecule is C[C@H](c1cccc(Cl)c1Cl)N1CCNCC1.Cl.Cl. The summed E-state index contributed by atoms with van der Waals surface area (Å²) in [7, 11) is 0. The van der Waals surface area contributed by atoms with Crippen LogP contribution in [0.25, 0.3) is 0 Å². The molecule has 0 radical (unpaired) electrons. The maximum atomic E-state index is 6.23. The van der Waals surface area contributed by atoms with Crippen LogP contribution in [-0.4, -0.2) is 31.1 Å². The van der Waals surface area contributed by atoms with Crippen molar-refractivity contribution in [3.63, 3.8) is 0 Å². The van der Waals surface area contributed by atoms with Gasteiger partial charge in [-0.05, 0) is 18.6 Å². The first-order valence-corrected chi connectivity index (χ1v) is 6.34. The molecule has 1 N–H and O–H groups in total. The van der Waals surface area contributed by atoms with Gasteiger partial charge in [-0.1, -0.05) is 35.3 Å². The molecule has 18 heavy (non-hydrogen) atoms. The number of rotatable bonds is 2. The normalized spacial score (nSPS) is 17.5. The molecule has 1 aromatic carbocycles. The first kappa shape index (κ1) is 18.3. The molecule has 0 bridgehead atoms. The highest BCUT2D eigenvalue weighted by molar-refractivity contribution is 6.42. The van der Waals surface area contributed by atoms with E-state index >= 15 is 0 Å². The number of nitrogens with one attached hydrogen (secondary N) is 1. The van der Waals surface area contributed by atoms with Gasteiger partial charge in [0.1, 0.15) is 0 Å². The van der Waals surface area contributed by atoms with Gasteiger partial charge in [0.2, 0.25) is 0 Å². The smallest absolute Gasteiger partial charge is 0.0640 e.